The van der Waals surface area contributed by atoms with Crippen LogP contribution in [0.15, 0.2) is 18.2 Å². The van der Waals surface area contributed by atoms with E-state index in [1.807, 2.05) is 6.07 Å². The number of rotatable bonds is 11. The Morgan fingerprint density at radius 2 is 1.67 bits per heavy atom. The van der Waals surface area contributed by atoms with E-state index in [2.05, 4.69) is 16.0 Å². The van der Waals surface area contributed by atoms with Crippen LogP contribution in [0.4, 0.5) is 0 Å². The molecular weight excluding hydrogens is 552 g/mol. The highest BCUT2D eigenvalue weighted by Gasteiger charge is 2.37. The molecule has 4 amide bonds. The highest BCUT2D eigenvalue weighted by molar-refractivity contribution is 6.16. The molecule has 1 aliphatic carbocycles. The monoisotopic (exact) mass is 598 g/mol. The first-order valence-electron chi connectivity index (χ1n) is 15.2. The molecule has 12 heteroatoms. The highest BCUT2D eigenvalue weighted by Crippen LogP contribution is 2.31. The van der Waals surface area contributed by atoms with Crippen LogP contribution in [-0.4, -0.2) is 111 Å². The zero-order valence-corrected chi connectivity index (χ0v) is 26.0. The summed E-state index contributed by atoms with van der Waals surface area (Å²) >= 11 is 0. The molecule has 2 atom stereocenters. The average molecular weight is 599 g/mol. The number of amides is 4. The number of nitrogens with zero attached hydrogens (tertiary/aromatic N) is 3. The number of methoxy groups -OCH3 is 2. The minimum absolute atomic E-state index is 0.0921. The van der Waals surface area contributed by atoms with Crippen LogP contribution >= 0.6 is 0 Å². The molecule has 2 heterocycles. The van der Waals surface area contributed by atoms with Crippen molar-refractivity contribution in [3.63, 3.8) is 0 Å². The molecule has 1 aliphatic heterocycles. The molecular formula is C31H46N6O6. The quantitative estimate of drug-likeness (QED) is 0.334. The number of hydrogen-bond donors (Lipinski definition) is 3. The lowest BCUT2D eigenvalue weighted by molar-refractivity contribution is -0.140. The van der Waals surface area contributed by atoms with Crippen LogP contribution in [0.1, 0.15) is 59.9 Å². The lowest BCUT2D eigenvalue weighted by Crippen LogP contribution is -2.59. The summed E-state index contributed by atoms with van der Waals surface area (Å²) in [7, 11) is 6.62. The summed E-state index contributed by atoms with van der Waals surface area (Å²) in [5.74, 6) is -0.196. The number of aromatic nitrogens is 1. The SMILES string of the molecule is CNC(C)C(=O)NC(C(=O)N1CCN(C(=O)c2c(C(=O)NCCOC)c3ccc(OC)cc3n2C)CC1)C1CCCCC1. The molecule has 3 N–H and O–H groups in total. The number of likely N-dealkylation sites (N-methyl/N-ethyl adjacent to an activating group) is 1. The van der Waals surface area contributed by atoms with E-state index in [0.717, 1.165) is 32.1 Å². The Morgan fingerprint density at radius 3 is 2.30 bits per heavy atom. The van der Waals surface area contributed by atoms with Crippen molar-refractivity contribution in [3.8, 4) is 5.75 Å². The predicted octanol–water partition coefficient (Wildman–Crippen LogP) is 1.52. The Balaban J connectivity index is 1.53. The first-order valence-corrected chi connectivity index (χ1v) is 15.2. The molecule has 0 radical (unpaired) electrons. The van der Waals surface area contributed by atoms with Gasteiger partial charge in [-0.1, -0.05) is 19.3 Å². The third kappa shape index (κ3) is 7.13. The van der Waals surface area contributed by atoms with Crippen molar-refractivity contribution < 1.29 is 28.7 Å². The summed E-state index contributed by atoms with van der Waals surface area (Å²) in [6.45, 7) is 3.76. The summed E-state index contributed by atoms with van der Waals surface area (Å²) in [6.07, 6.45) is 5.06. The van der Waals surface area contributed by atoms with Gasteiger partial charge in [0, 0.05) is 58.3 Å². The van der Waals surface area contributed by atoms with Crippen LogP contribution in [-0.2, 0) is 21.4 Å². The van der Waals surface area contributed by atoms with Gasteiger partial charge in [-0.15, -0.1) is 0 Å². The molecule has 0 bridgehead atoms. The van der Waals surface area contributed by atoms with E-state index in [1.54, 1.807) is 61.7 Å². The molecule has 1 aromatic carbocycles. The fraction of sp³-hybridized carbons (Fsp3) is 0.613. The van der Waals surface area contributed by atoms with Gasteiger partial charge in [0.05, 0.1) is 30.8 Å². The average Bonchev–Trinajstić information content (AvgIpc) is 3.34. The fourth-order valence-electron chi connectivity index (χ4n) is 6.11. The minimum atomic E-state index is -0.582. The molecule has 2 fully saturated rings. The molecule has 236 valence electrons. The molecule has 4 rings (SSSR count). The molecule has 12 nitrogen and oxygen atoms in total. The maximum Gasteiger partial charge on any atom is 0.271 e. The van der Waals surface area contributed by atoms with Gasteiger partial charge in [0.2, 0.25) is 11.8 Å². The Morgan fingerprint density at radius 1 is 1.00 bits per heavy atom. The molecule has 1 saturated heterocycles. The van der Waals surface area contributed by atoms with Crippen LogP contribution in [0, 0.1) is 5.92 Å². The van der Waals surface area contributed by atoms with E-state index < -0.39 is 12.1 Å². The van der Waals surface area contributed by atoms with E-state index in [-0.39, 0.29) is 35.2 Å². The summed E-state index contributed by atoms with van der Waals surface area (Å²) in [4.78, 5) is 57.4. The number of nitrogens with one attached hydrogen (secondary N) is 3. The topological polar surface area (TPSA) is 134 Å². The second-order valence-electron chi connectivity index (χ2n) is 11.4. The maximum atomic E-state index is 14.0. The number of ether oxygens (including phenoxy) is 2. The van der Waals surface area contributed by atoms with Gasteiger partial charge in [-0.3, -0.25) is 19.2 Å². The third-order valence-corrected chi connectivity index (χ3v) is 8.82. The summed E-state index contributed by atoms with van der Waals surface area (Å²) in [6, 6.07) is 4.38. The number of aryl methyl sites for hydroxylation is 1. The van der Waals surface area contributed by atoms with Crippen LogP contribution in [0.3, 0.4) is 0 Å². The largest absolute Gasteiger partial charge is 0.497 e. The van der Waals surface area contributed by atoms with Gasteiger partial charge in [0.25, 0.3) is 11.8 Å². The van der Waals surface area contributed by atoms with E-state index >= 15 is 0 Å². The van der Waals surface area contributed by atoms with E-state index in [1.165, 1.54) is 0 Å². The van der Waals surface area contributed by atoms with Crippen molar-refractivity contribution in [2.75, 3.05) is 60.6 Å². The standard InChI is InChI=1S/C31H46N6O6/c1-20(32-2)28(38)34-26(21-9-7-6-8-10-21)30(40)36-14-16-37(17-15-36)31(41)27-25(29(39)33-13-18-42-4)23-12-11-22(43-5)19-24(23)35(27)3/h11-12,19-21,26,32H,6-10,13-18H2,1-5H3,(H,33,39)(H,34,38). The van der Waals surface area contributed by atoms with Crippen LogP contribution < -0.4 is 20.7 Å². The maximum absolute atomic E-state index is 14.0. The predicted molar refractivity (Wildman–Crippen MR) is 163 cm³/mol. The normalized spacial score (nSPS) is 17.4. The van der Waals surface area contributed by atoms with Crippen molar-refractivity contribution in [2.45, 2.75) is 51.1 Å². The Hall–Kier alpha value is -3.64. The molecule has 2 unspecified atom stereocenters. The third-order valence-electron chi connectivity index (χ3n) is 8.82. The van der Waals surface area contributed by atoms with Gasteiger partial charge in [-0.25, -0.2) is 0 Å². The lowest BCUT2D eigenvalue weighted by Gasteiger charge is -2.39. The minimum Gasteiger partial charge on any atom is -0.497 e. The van der Waals surface area contributed by atoms with Crippen molar-refractivity contribution in [1.82, 2.24) is 30.3 Å². The van der Waals surface area contributed by atoms with E-state index in [0.29, 0.717) is 61.5 Å². The number of piperazine rings is 1. The molecule has 2 aromatic rings. The Bertz CT molecular complexity index is 1310. The second kappa shape index (κ2) is 14.7. The molecule has 1 aromatic heterocycles. The van der Waals surface area contributed by atoms with Crippen LogP contribution in [0.5, 0.6) is 5.75 Å². The number of hydrogen-bond acceptors (Lipinski definition) is 7. The lowest BCUT2D eigenvalue weighted by atomic mass is 9.83. The number of benzene rings is 1. The van der Waals surface area contributed by atoms with Crippen LogP contribution in [0.25, 0.3) is 10.9 Å². The summed E-state index contributed by atoms with van der Waals surface area (Å²) in [5, 5.41) is 9.48. The summed E-state index contributed by atoms with van der Waals surface area (Å²) in [5.41, 5.74) is 1.29. The molecule has 1 saturated carbocycles. The van der Waals surface area contributed by atoms with Crippen LogP contribution in [0.2, 0.25) is 0 Å². The van der Waals surface area contributed by atoms with Gasteiger partial charge in [0.1, 0.15) is 17.5 Å². The first-order chi connectivity index (χ1) is 20.7. The van der Waals surface area contributed by atoms with Crippen molar-refractivity contribution in [1.29, 1.82) is 0 Å². The highest BCUT2D eigenvalue weighted by atomic mass is 16.5. The van der Waals surface area contributed by atoms with E-state index in [9.17, 15) is 19.2 Å². The molecule has 43 heavy (non-hydrogen) atoms. The number of carbonyl (C=O) groups excluding carboxylic acids is 4. The van der Waals surface area contributed by atoms with Crippen molar-refractivity contribution >= 4 is 34.5 Å². The number of carbonyl (C=O) groups is 4. The van der Waals surface area contributed by atoms with Gasteiger partial charge < -0.3 is 39.8 Å². The fourth-order valence-corrected chi connectivity index (χ4v) is 6.11. The van der Waals surface area contributed by atoms with Crippen molar-refractivity contribution in [2.24, 2.45) is 13.0 Å². The van der Waals surface area contributed by atoms with Gasteiger partial charge in [0.15, 0.2) is 0 Å². The molecule has 2 aliphatic rings. The van der Waals surface area contributed by atoms with Gasteiger partial charge >= 0.3 is 0 Å². The Kier molecular flexibility index (Phi) is 11.0. The zero-order chi connectivity index (χ0) is 31.1. The van der Waals surface area contributed by atoms with Gasteiger partial charge in [-0.2, -0.15) is 0 Å². The second-order valence-corrected chi connectivity index (χ2v) is 11.4. The summed E-state index contributed by atoms with van der Waals surface area (Å²) < 4.78 is 12.2. The zero-order valence-electron chi connectivity index (χ0n) is 26.0. The van der Waals surface area contributed by atoms with Crippen molar-refractivity contribution in [3.05, 3.63) is 29.5 Å². The number of fused-ring (bicyclic) bond motifs is 1. The van der Waals surface area contributed by atoms with E-state index in [4.69, 9.17) is 9.47 Å². The smallest absolute Gasteiger partial charge is 0.271 e. The first kappa shape index (κ1) is 32.3. The van der Waals surface area contributed by atoms with Gasteiger partial charge in [-0.05, 0) is 44.9 Å². The Labute approximate surface area is 253 Å². The molecule has 0 spiro atoms.